The molecule has 1 unspecified atom stereocenters. The van der Waals surface area contributed by atoms with E-state index in [1.807, 2.05) is 42.5 Å². The number of carboxylic acid groups (broad SMARTS) is 1. The standard InChI is InChI=1S/C28H28AsN2O6/c1-2-37-28(36)31-15-13-30(14-16-31)26(33)24(17-19-7-9-21(10-8-19)27(34)35)25(32)29-23-12-11-20-5-3-4-6-22(20)18-23/h3-12,18,24H,2,13-17H2,1H3,(H,34,35). The molecule has 0 bridgehead atoms. The van der Waals surface area contributed by atoms with Crippen molar-refractivity contribution in [2.24, 2.45) is 5.92 Å². The van der Waals surface area contributed by atoms with Crippen LogP contribution in [0, 0.1) is 5.92 Å². The van der Waals surface area contributed by atoms with Gasteiger partial charge in [-0.05, 0) is 0 Å². The van der Waals surface area contributed by atoms with E-state index in [4.69, 9.17) is 4.74 Å². The number of fused-ring (bicyclic) bond motifs is 1. The third kappa shape index (κ3) is 6.57. The average molecular weight is 563 g/mol. The van der Waals surface area contributed by atoms with Crippen molar-refractivity contribution in [1.82, 2.24) is 9.80 Å². The van der Waals surface area contributed by atoms with E-state index in [1.165, 1.54) is 12.1 Å². The van der Waals surface area contributed by atoms with Crippen LogP contribution in [0.15, 0.2) is 66.7 Å². The molecule has 0 aliphatic carbocycles. The molecular weight excluding hydrogens is 535 g/mol. The second-order valence-electron chi connectivity index (χ2n) is 8.75. The van der Waals surface area contributed by atoms with Gasteiger partial charge in [0.2, 0.25) is 0 Å². The number of carbonyl (C=O) groups excluding carboxylic acids is 3. The molecule has 3 aromatic rings. The van der Waals surface area contributed by atoms with E-state index in [9.17, 15) is 24.3 Å². The van der Waals surface area contributed by atoms with E-state index in [1.54, 1.807) is 28.9 Å². The number of aromatic carboxylic acids is 1. The summed E-state index contributed by atoms with van der Waals surface area (Å²) in [7, 11) is 0. The molecule has 3 aromatic carbocycles. The molecular formula is C28H28AsN2O6. The van der Waals surface area contributed by atoms with Crippen LogP contribution in [0.3, 0.4) is 0 Å². The molecule has 1 heterocycles. The summed E-state index contributed by atoms with van der Waals surface area (Å²) >= 11 is -0.932. The molecule has 191 valence electrons. The number of amides is 2. The molecule has 0 spiro atoms. The summed E-state index contributed by atoms with van der Waals surface area (Å²) in [6, 6.07) is 20.2. The molecule has 9 heteroatoms. The number of hydrogen-bond acceptors (Lipinski definition) is 5. The van der Waals surface area contributed by atoms with Gasteiger partial charge in [0.1, 0.15) is 0 Å². The van der Waals surface area contributed by atoms with Crippen LogP contribution in [0.1, 0.15) is 22.8 Å². The monoisotopic (exact) mass is 563 g/mol. The van der Waals surface area contributed by atoms with Crippen LogP contribution < -0.4 is 4.35 Å². The van der Waals surface area contributed by atoms with Crippen molar-refractivity contribution in [3.05, 3.63) is 77.9 Å². The zero-order valence-electron chi connectivity index (χ0n) is 20.5. The number of rotatable bonds is 8. The van der Waals surface area contributed by atoms with Gasteiger partial charge in [0.15, 0.2) is 0 Å². The predicted molar refractivity (Wildman–Crippen MR) is 140 cm³/mol. The second-order valence-corrected chi connectivity index (χ2v) is 11.2. The summed E-state index contributed by atoms with van der Waals surface area (Å²) in [6.07, 6.45) is -0.208. The Bertz CT molecular complexity index is 1300. The van der Waals surface area contributed by atoms with Gasteiger partial charge in [0, 0.05) is 0 Å². The van der Waals surface area contributed by atoms with Crippen LogP contribution in [0.2, 0.25) is 0 Å². The van der Waals surface area contributed by atoms with Crippen LogP contribution in [0.5, 0.6) is 0 Å². The van der Waals surface area contributed by atoms with Gasteiger partial charge >= 0.3 is 222 Å². The minimum absolute atomic E-state index is 0.105. The molecule has 1 saturated heterocycles. The van der Waals surface area contributed by atoms with E-state index >= 15 is 0 Å². The summed E-state index contributed by atoms with van der Waals surface area (Å²) in [5, 5.41) is 11.3. The minimum atomic E-state index is -1.03. The molecule has 1 aliphatic heterocycles. The summed E-state index contributed by atoms with van der Waals surface area (Å²) in [6.45, 7) is 3.37. The Hall–Kier alpha value is -3.64. The van der Waals surface area contributed by atoms with Gasteiger partial charge in [0.05, 0.1) is 0 Å². The van der Waals surface area contributed by atoms with Gasteiger partial charge in [-0.2, -0.15) is 0 Å². The zero-order chi connectivity index (χ0) is 26.4. The van der Waals surface area contributed by atoms with Crippen LogP contribution in [0.4, 0.5) is 4.79 Å². The molecule has 4 rings (SSSR count). The number of nitrogens with zero attached hydrogens (tertiary/aromatic N) is 2. The normalized spacial score (nSPS) is 14.6. The Balaban J connectivity index is 1.52. The average Bonchev–Trinajstić information content (AvgIpc) is 2.91. The molecule has 1 radical (unpaired) electrons. The van der Waals surface area contributed by atoms with Crippen molar-refractivity contribution in [3.63, 3.8) is 0 Å². The fourth-order valence-corrected chi connectivity index (χ4v) is 6.32. The van der Waals surface area contributed by atoms with Gasteiger partial charge in [-0.1, -0.05) is 0 Å². The first-order chi connectivity index (χ1) is 17.9. The Morgan fingerprint density at radius 1 is 0.892 bits per heavy atom. The first kappa shape index (κ1) is 26.4. The molecule has 1 fully saturated rings. The van der Waals surface area contributed by atoms with Crippen LogP contribution in [0.25, 0.3) is 10.8 Å². The van der Waals surface area contributed by atoms with Crippen molar-refractivity contribution in [1.29, 1.82) is 0 Å². The zero-order valence-corrected chi connectivity index (χ0v) is 22.4. The number of carbonyl (C=O) groups is 4. The molecule has 1 aliphatic rings. The van der Waals surface area contributed by atoms with Gasteiger partial charge in [-0.3, -0.25) is 0 Å². The molecule has 1 N–H and O–H groups in total. The Morgan fingerprint density at radius 3 is 2.19 bits per heavy atom. The van der Waals surface area contributed by atoms with Crippen LogP contribution in [-0.2, 0) is 20.7 Å². The van der Waals surface area contributed by atoms with E-state index in [0.717, 1.165) is 20.7 Å². The number of piperazine rings is 1. The maximum absolute atomic E-state index is 13.6. The van der Waals surface area contributed by atoms with Crippen LogP contribution in [-0.4, -0.2) is 86.0 Å². The summed E-state index contributed by atoms with van der Waals surface area (Å²) in [4.78, 5) is 53.7. The van der Waals surface area contributed by atoms with E-state index in [0.29, 0.717) is 26.2 Å². The fourth-order valence-electron chi connectivity index (χ4n) is 4.30. The molecule has 37 heavy (non-hydrogen) atoms. The van der Waals surface area contributed by atoms with Gasteiger partial charge in [-0.25, -0.2) is 0 Å². The second kappa shape index (κ2) is 12.1. The molecule has 8 nitrogen and oxygen atoms in total. The summed E-state index contributed by atoms with van der Waals surface area (Å²) in [5.74, 6) is -2.17. The van der Waals surface area contributed by atoms with E-state index in [2.05, 4.69) is 0 Å². The van der Waals surface area contributed by atoms with Crippen LogP contribution >= 0.6 is 0 Å². The molecule has 1 atom stereocenters. The summed E-state index contributed by atoms with van der Waals surface area (Å²) in [5.41, 5.74) is 0.872. The topological polar surface area (TPSA) is 104 Å². The van der Waals surface area contributed by atoms with Gasteiger partial charge < -0.3 is 0 Å². The third-order valence-electron chi connectivity index (χ3n) is 6.33. The van der Waals surface area contributed by atoms with Crippen molar-refractivity contribution in [2.75, 3.05) is 32.8 Å². The number of benzene rings is 3. The third-order valence-corrected chi connectivity index (χ3v) is 8.57. The Morgan fingerprint density at radius 2 is 1.54 bits per heavy atom. The fraction of sp³-hybridized carbons (Fsp3) is 0.286. The quantitative estimate of drug-likeness (QED) is 0.334. The number of ether oxygens (including phenoxy) is 1. The van der Waals surface area contributed by atoms with E-state index < -0.39 is 33.7 Å². The van der Waals surface area contributed by atoms with E-state index in [-0.39, 0.29) is 29.1 Å². The molecule has 0 aromatic heterocycles. The predicted octanol–water partition coefficient (Wildman–Crippen LogP) is 2.55. The van der Waals surface area contributed by atoms with Crippen molar-refractivity contribution >= 4 is 53.4 Å². The first-order valence-electron chi connectivity index (χ1n) is 12.1. The van der Waals surface area contributed by atoms with Crippen molar-refractivity contribution in [3.8, 4) is 0 Å². The number of carboxylic acids is 1. The SMILES string of the molecule is CCOC(=O)N1CCN(C(=O)C(Cc2ccc(C(=O)O)cc2)C(=O)[As]c2ccc3ccccc3c2)CC1. The summed E-state index contributed by atoms with van der Waals surface area (Å²) < 4.78 is 5.87. The molecule has 0 saturated carbocycles. The van der Waals surface area contributed by atoms with Crippen molar-refractivity contribution < 1.29 is 29.0 Å². The maximum atomic E-state index is 13.6. The molecule has 2 amide bonds. The Kier molecular flexibility index (Phi) is 8.61. The van der Waals surface area contributed by atoms with Crippen molar-refractivity contribution in [2.45, 2.75) is 13.3 Å². The van der Waals surface area contributed by atoms with Gasteiger partial charge in [0.25, 0.3) is 0 Å². The number of hydrogen-bond donors (Lipinski definition) is 1. The van der Waals surface area contributed by atoms with Gasteiger partial charge in [-0.15, -0.1) is 0 Å². The Labute approximate surface area is 221 Å². The first-order valence-corrected chi connectivity index (χ1v) is 14.0.